The number of allylic oxidation sites excluding steroid dienone is 2. The summed E-state index contributed by atoms with van der Waals surface area (Å²) >= 11 is 0. The maximum Gasteiger partial charge on any atom is 0.0157 e. The van der Waals surface area contributed by atoms with Gasteiger partial charge in [-0.15, -0.1) is 0 Å². The molecular formula is C10H19NS. The molecule has 0 atom stereocenters. The predicted octanol–water partition coefficient (Wildman–Crippen LogP) is 3.16. The summed E-state index contributed by atoms with van der Waals surface area (Å²) in [6.07, 6.45) is 9.03. The van der Waals surface area contributed by atoms with Gasteiger partial charge >= 0.3 is 0 Å². The van der Waals surface area contributed by atoms with Gasteiger partial charge in [0, 0.05) is 6.04 Å². The standard InChI is InChI=1S/C10H19NS/c1-4-10(5-2)11-12(3)8-6-7-9-12/h6-11H,4-5H2,1-3H3. The summed E-state index contributed by atoms with van der Waals surface area (Å²) in [6, 6.07) is 0.678. The van der Waals surface area contributed by atoms with Crippen LogP contribution < -0.4 is 4.72 Å². The Morgan fingerprint density at radius 2 is 1.67 bits per heavy atom. The van der Waals surface area contributed by atoms with E-state index in [1.165, 1.54) is 12.8 Å². The molecule has 0 bridgehead atoms. The van der Waals surface area contributed by atoms with Gasteiger partial charge in [-0.2, -0.15) is 10.2 Å². The molecule has 0 saturated heterocycles. The Balaban J connectivity index is 2.49. The second-order valence-corrected chi connectivity index (χ2v) is 6.21. The van der Waals surface area contributed by atoms with Crippen molar-refractivity contribution in [3.8, 4) is 0 Å². The quantitative estimate of drug-likeness (QED) is 0.709. The van der Waals surface area contributed by atoms with Crippen LogP contribution in [0, 0.1) is 0 Å². The molecule has 0 radical (unpaired) electrons. The monoisotopic (exact) mass is 185 g/mol. The molecule has 0 aromatic carbocycles. The van der Waals surface area contributed by atoms with E-state index in [0.29, 0.717) is 6.04 Å². The molecule has 0 aromatic rings. The first kappa shape index (κ1) is 9.87. The zero-order chi connectivity index (χ0) is 9.03. The summed E-state index contributed by atoms with van der Waals surface area (Å²) in [5, 5.41) is 4.59. The summed E-state index contributed by atoms with van der Waals surface area (Å²) in [4.78, 5) is 0. The lowest BCUT2D eigenvalue weighted by atomic mass is 10.2. The molecule has 1 nitrogen and oxygen atoms in total. The molecule has 1 aliphatic heterocycles. The van der Waals surface area contributed by atoms with E-state index in [1.54, 1.807) is 0 Å². The highest BCUT2D eigenvalue weighted by Gasteiger charge is 2.16. The lowest BCUT2D eigenvalue weighted by Crippen LogP contribution is -2.28. The molecule has 0 unspecified atom stereocenters. The minimum absolute atomic E-state index is 0.678. The largest absolute Gasteiger partial charge is 0.271 e. The van der Waals surface area contributed by atoms with E-state index in [4.69, 9.17) is 0 Å². The fraction of sp³-hybridized carbons (Fsp3) is 0.600. The molecular weight excluding hydrogens is 166 g/mol. The van der Waals surface area contributed by atoms with Crippen molar-refractivity contribution in [2.75, 3.05) is 6.26 Å². The molecule has 1 aliphatic rings. The second-order valence-electron chi connectivity index (χ2n) is 3.34. The van der Waals surface area contributed by atoms with Gasteiger partial charge in [0.05, 0.1) is 0 Å². The molecule has 0 spiro atoms. The van der Waals surface area contributed by atoms with Crippen LogP contribution in [0.5, 0.6) is 0 Å². The summed E-state index contributed by atoms with van der Waals surface area (Å²) in [5.74, 6) is 0. The summed E-state index contributed by atoms with van der Waals surface area (Å²) in [6.45, 7) is 4.48. The molecule has 0 saturated carbocycles. The van der Waals surface area contributed by atoms with E-state index >= 15 is 0 Å². The van der Waals surface area contributed by atoms with E-state index < -0.39 is 10.2 Å². The summed E-state index contributed by atoms with van der Waals surface area (Å²) < 4.78 is 3.70. The maximum absolute atomic E-state index is 3.70. The van der Waals surface area contributed by atoms with Crippen molar-refractivity contribution in [2.24, 2.45) is 0 Å². The highest BCUT2D eigenvalue weighted by atomic mass is 32.3. The SMILES string of the molecule is CCC(CC)NS1(C)C=CC=C1. The van der Waals surface area contributed by atoms with Gasteiger partial charge in [-0.05, 0) is 29.9 Å². The first-order valence-corrected chi connectivity index (χ1v) is 6.77. The highest BCUT2D eigenvalue weighted by Crippen LogP contribution is 2.46. The van der Waals surface area contributed by atoms with Crippen molar-refractivity contribution >= 4 is 10.2 Å². The molecule has 1 N–H and O–H groups in total. The molecule has 1 heterocycles. The highest BCUT2D eigenvalue weighted by molar-refractivity contribution is 8.36. The smallest absolute Gasteiger partial charge is 0.0157 e. The van der Waals surface area contributed by atoms with Crippen LogP contribution in [0.15, 0.2) is 23.0 Å². The van der Waals surface area contributed by atoms with Gasteiger partial charge in [-0.1, -0.05) is 26.0 Å². The molecule has 70 valence electrons. The average Bonchev–Trinajstić information content (AvgIpc) is 2.48. The molecule has 0 fully saturated rings. The maximum atomic E-state index is 3.70. The van der Waals surface area contributed by atoms with Gasteiger partial charge in [0.2, 0.25) is 0 Å². The first-order chi connectivity index (χ1) is 5.70. The van der Waals surface area contributed by atoms with Gasteiger partial charge < -0.3 is 0 Å². The minimum Gasteiger partial charge on any atom is -0.271 e. The van der Waals surface area contributed by atoms with Gasteiger partial charge in [-0.25, -0.2) is 0 Å². The summed E-state index contributed by atoms with van der Waals surface area (Å²) in [7, 11) is -0.738. The van der Waals surface area contributed by atoms with E-state index in [0.717, 1.165) is 0 Å². The zero-order valence-corrected chi connectivity index (χ0v) is 9.03. The molecule has 0 aliphatic carbocycles. The first-order valence-electron chi connectivity index (χ1n) is 4.60. The fourth-order valence-corrected chi connectivity index (χ4v) is 3.49. The lowest BCUT2D eigenvalue weighted by Gasteiger charge is -2.32. The Morgan fingerprint density at radius 3 is 2.08 bits per heavy atom. The average molecular weight is 185 g/mol. The Hall–Kier alpha value is -0.210. The minimum atomic E-state index is -0.738. The van der Waals surface area contributed by atoms with Crippen LogP contribution in [-0.4, -0.2) is 12.3 Å². The van der Waals surface area contributed by atoms with Crippen LogP contribution in [0.3, 0.4) is 0 Å². The van der Waals surface area contributed by atoms with Crippen molar-refractivity contribution in [2.45, 2.75) is 32.7 Å². The third kappa shape index (κ3) is 2.39. The Kier molecular flexibility index (Phi) is 3.41. The molecule has 12 heavy (non-hydrogen) atoms. The van der Waals surface area contributed by atoms with E-state index in [-0.39, 0.29) is 0 Å². The van der Waals surface area contributed by atoms with Crippen molar-refractivity contribution < 1.29 is 0 Å². The molecule has 0 aromatic heterocycles. The number of hydrogen-bond donors (Lipinski definition) is 1. The van der Waals surface area contributed by atoms with Crippen molar-refractivity contribution in [1.29, 1.82) is 0 Å². The Labute approximate surface area is 77.4 Å². The lowest BCUT2D eigenvalue weighted by molar-refractivity contribution is 0.589. The van der Waals surface area contributed by atoms with Crippen LogP contribution in [0.2, 0.25) is 0 Å². The van der Waals surface area contributed by atoms with E-state index in [1.807, 2.05) is 0 Å². The second kappa shape index (κ2) is 4.15. The van der Waals surface area contributed by atoms with E-state index in [2.05, 4.69) is 47.8 Å². The van der Waals surface area contributed by atoms with Crippen molar-refractivity contribution in [3.63, 3.8) is 0 Å². The van der Waals surface area contributed by atoms with Gasteiger partial charge in [0.15, 0.2) is 0 Å². The Bertz CT molecular complexity index is 180. The number of nitrogens with one attached hydrogen (secondary N) is 1. The Morgan fingerprint density at radius 1 is 1.17 bits per heavy atom. The van der Waals surface area contributed by atoms with Crippen molar-refractivity contribution in [1.82, 2.24) is 4.72 Å². The van der Waals surface area contributed by atoms with Crippen LogP contribution >= 0.6 is 10.2 Å². The van der Waals surface area contributed by atoms with Gasteiger partial charge in [0.25, 0.3) is 0 Å². The zero-order valence-electron chi connectivity index (χ0n) is 8.21. The topological polar surface area (TPSA) is 12.0 Å². The fourth-order valence-electron chi connectivity index (χ4n) is 1.36. The van der Waals surface area contributed by atoms with Crippen LogP contribution in [0.25, 0.3) is 0 Å². The predicted molar refractivity (Wildman–Crippen MR) is 59.3 cm³/mol. The molecule has 2 heteroatoms. The van der Waals surface area contributed by atoms with Gasteiger partial charge in [0.1, 0.15) is 0 Å². The van der Waals surface area contributed by atoms with Crippen LogP contribution in [0.1, 0.15) is 26.7 Å². The third-order valence-corrected chi connectivity index (χ3v) is 4.53. The molecule has 1 rings (SSSR count). The number of rotatable bonds is 4. The third-order valence-electron chi connectivity index (χ3n) is 2.24. The van der Waals surface area contributed by atoms with Crippen LogP contribution in [0.4, 0.5) is 0 Å². The molecule has 0 amide bonds. The normalized spacial score (nSPS) is 22.0. The number of hydrogen-bond acceptors (Lipinski definition) is 1. The summed E-state index contributed by atoms with van der Waals surface area (Å²) in [5.41, 5.74) is 0. The van der Waals surface area contributed by atoms with E-state index in [9.17, 15) is 0 Å². The van der Waals surface area contributed by atoms with Crippen molar-refractivity contribution in [3.05, 3.63) is 23.0 Å². The van der Waals surface area contributed by atoms with Gasteiger partial charge in [-0.3, -0.25) is 4.72 Å². The van der Waals surface area contributed by atoms with Crippen LogP contribution in [-0.2, 0) is 0 Å².